The zero-order valence-corrected chi connectivity index (χ0v) is 22.4. The van der Waals surface area contributed by atoms with Gasteiger partial charge in [0.25, 0.3) is 0 Å². The van der Waals surface area contributed by atoms with E-state index in [1.54, 1.807) is 23.9 Å². The topological polar surface area (TPSA) is 88.6 Å². The first-order valence-electron chi connectivity index (χ1n) is 12.5. The number of oxime groups is 1. The molecule has 39 heavy (non-hydrogen) atoms. The van der Waals surface area contributed by atoms with Crippen LogP contribution in [0.1, 0.15) is 45.2 Å². The fourth-order valence-electron chi connectivity index (χ4n) is 4.43. The van der Waals surface area contributed by atoms with E-state index >= 15 is 0 Å². The van der Waals surface area contributed by atoms with Crippen molar-refractivity contribution in [2.45, 2.75) is 25.2 Å². The van der Waals surface area contributed by atoms with Gasteiger partial charge >= 0.3 is 5.97 Å². The van der Waals surface area contributed by atoms with Crippen molar-refractivity contribution >= 4 is 56.8 Å². The molecule has 0 aliphatic heterocycles. The van der Waals surface area contributed by atoms with Crippen molar-refractivity contribution in [3.8, 4) is 0 Å². The molecule has 5 rings (SSSR count). The Labute approximate surface area is 230 Å². The van der Waals surface area contributed by atoms with Crippen LogP contribution in [0.4, 0.5) is 0 Å². The molecule has 7 heteroatoms. The number of carbonyl (C=O) groups excluding carboxylic acids is 3. The lowest BCUT2D eigenvalue weighted by atomic mass is 9.97. The second-order valence-electron chi connectivity index (χ2n) is 9.15. The van der Waals surface area contributed by atoms with Crippen molar-refractivity contribution in [3.05, 3.63) is 113 Å². The minimum atomic E-state index is -0.589. The van der Waals surface area contributed by atoms with Crippen molar-refractivity contribution in [2.75, 3.05) is 5.75 Å². The molecule has 1 aromatic heterocycles. The molecule has 1 heterocycles. The third-order valence-corrected chi connectivity index (χ3v) is 7.42. The molecule has 194 valence electrons. The number of nitrogens with one attached hydrogen (secondary N) is 1. The number of aromatic amines is 1. The van der Waals surface area contributed by atoms with Crippen molar-refractivity contribution in [1.29, 1.82) is 0 Å². The SMILES string of the molecule is CC(=O)O/N=C(/CCSc1ccccc1)C(=O)c1ccc2[nH]c3ccc(C(=O)c4ccccc4C)cc3c2c1. The minimum absolute atomic E-state index is 0.0525. The predicted octanol–water partition coefficient (Wildman–Crippen LogP) is 7.14. The number of aromatic nitrogens is 1. The lowest BCUT2D eigenvalue weighted by Gasteiger charge is -2.07. The second-order valence-corrected chi connectivity index (χ2v) is 10.3. The van der Waals surface area contributed by atoms with Gasteiger partial charge in [0.1, 0.15) is 5.71 Å². The van der Waals surface area contributed by atoms with E-state index in [2.05, 4.69) is 10.1 Å². The average molecular weight is 535 g/mol. The summed E-state index contributed by atoms with van der Waals surface area (Å²) in [5.41, 5.74) is 4.46. The lowest BCUT2D eigenvalue weighted by molar-refractivity contribution is -0.140. The number of carbonyl (C=O) groups is 3. The van der Waals surface area contributed by atoms with Gasteiger partial charge in [-0.15, -0.1) is 11.8 Å². The molecule has 0 aliphatic rings. The fraction of sp³-hybridized carbons (Fsp3) is 0.125. The molecular formula is C32H26N2O4S. The van der Waals surface area contributed by atoms with Crippen LogP contribution in [-0.2, 0) is 9.63 Å². The van der Waals surface area contributed by atoms with Crippen LogP contribution in [0.15, 0.2) is 101 Å². The van der Waals surface area contributed by atoms with E-state index in [-0.39, 0.29) is 17.3 Å². The van der Waals surface area contributed by atoms with E-state index in [1.165, 1.54) is 6.92 Å². The standard InChI is InChI=1S/C32H26N2O4S/c1-20-8-6-7-11-25(20)31(36)22-12-14-28-26(18-22)27-19-23(13-15-29(27)33-28)32(37)30(34-38-21(2)35)16-17-39-24-9-4-3-5-10-24/h3-15,18-19,33H,16-17H2,1-2H3/b34-30-. The first-order chi connectivity index (χ1) is 18.9. The van der Waals surface area contributed by atoms with Gasteiger partial charge in [0, 0.05) is 62.5 Å². The number of ketones is 2. The lowest BCUT2D eigenvalue weighted by Crippen LogP contribution is -2.16. The zero-order chi connectivity index (χ0) is 27.4. The Balaban J connectivity index is 1.46. The molecule has 0 atom stereocenters. The molecule has 0 radical (unpaired) electrons. The maximum absolute atomic E-state index is 13.5. The van der Waals surface area contributed by atoms with E-state index in [4.69, 9.17) is 4.84 Å². The van der Waals surface area contributed by atoms with Crippen molar-refractivity contribution in [1.82, 2.24) is 4.98 Å². The largest absolute Gasteiger partial charge is 0.355 e. The molecular weight excluding hydrogens is 508 g/mol. The van der Waals surface area contributed by atoms with Gasteiger partial charge in [0.2, 0.25) is 5.78 Å². The van der Waals surface area contributed by atoms with Crippen molar-refractivity contribution in [3.63, 3.8) is 0 Å². The number of H-pyrrole nitrogens is 1. The third kappa shape index (κ3) is 5.84. The first-order valence-corrected chi connectivity index (χ1v) is 13.5. The number of hydrogen-bond donors (Lipinski definition) is 1. The quantitative estimate of drug-likeness (QED) is 0.0714. The van der Waals surface area contributed by atoms with E-state index in [9.17, 15) is 14.4 Å². The third-order valence-electron chi connectivity index (χ3n) is 6.41. The Bertz CT molecular complexity index is 1740. The Morgan fingerprint density at radius 1 is 0.821 bits per heavy atom. The van der Waals surface area contributed by atoms with Crippen LogP contribution in [0.2, 0.25) is 0 Å². The number of aryl methyl sites for hydroxylation is 1. The number of nitrogens with zero attached hydrogens (tertiary/aromatic N) is 1. The molecule has 0 unspecified atom stereocenters. The highest BCUT2D eigenvalue weighted by molar-refractivity contribution is 7.99. The van der Waals surface area contributed by atoms with Crippen LogP contribution in [-0.4, -0.2) is 34.0 Å². The molecule has 1 N–H and O–H groups in total. The summed E-state index contributed by atoms with van der Waals surface area (Å²) < 4.78 is 0. The number of thioether (sulfide) groups is 1. The highest BCUT2D eigenvalue weighted by atomic mass is 32.2. The van der Waals surface area contributed by atoms with Gasteiger partial charge in [0.15, 0.2) is 5.78 Å². The summed E-state index contributed by atoms with van der Waals surface area (Å²) in [7, 11) is 0. The molecule has 5 aromatic rings. The van der Waals surface area contributed by atoms with Crippen molar-refractivity contribution < 1.29 is 19.2 Å². The molecule has 6 nitrogen and oxygen atoms in total. The molecule has 0 bridgehead atoms. The normalized spacial score (nSPS) is 11.6. The van der Waals surface area contributed by atoms with Crippen LogP contribution in [0.3, 0.4) is 0 Å². The fourth-order valence-corrected chi connectivity index (χ4v) is 5.31. The van der Waals surface area contributed by atoms with Crippen LogP contribution in [0.5, 0.6) is 0 Å². The summed E-state index contributed by atoms with van der Waals surface area (Å²) in [6, 6.07) is 28.3. The van der Waals surface area contributed by atoms with Gasteiger partial charge in [-0.3, -0.25) is 9.59 Å². The highest BCUT2D eigenvalue weighted by Crippen LogP contribution is 2.29. The van der Waals surface area contributed by atoms with Gasteiger partial charge in [-0.05, 0) is 61.0 Å². The van der Waals surface area contributed by atoms with Crippen LogP contribution in [0, 0.1) is 6.92 Å². The van der Waals surface area contributed by atoms with Gasteiger partial charge in [-0.1, -0.05) is 47.6 Å². The van der Waals surface area contributed by atoms with Gasteiger partial charge in [0.05, 0.1) is 0 Å². The van der Waals surface area contributed by atoms with Gasteiger partial charge < -0.3 is 9.82 Å². The zero-order valence-electron chi connectivity index (χ0n) is 21.6. The summed E-state index contributed by atoms with van der Waals surface area (Å²) in [6.45, 7) is 3.17. The Morgan fingerprint density at radius 3 is 2.15 bits per heavy atom. The molecule has 0 saturated heterocycles. The van der Waals surface area contributed by atoms with Crippen LogP contribution in [0.25, 0.3) is 21.8 Å². The van der Waals surface area contributed by atoms with E-state index < -0.39 is 5.97 Å². The smallest absolute Gasteiger partial charge is 0.331 e. The summed E-state index contributed by atoms with van der Waals surface area (Å²) >= 11 is 1.59. The monoisotopic (exact) mass is 534 g/mol. The van der Waals surface area contributed by atoms with Crippen LogP contribution < -0.4 is 0 Å². The number of benzene rings is 4. The van der Waals surface area contributed by atoms with Gasteiger partial charge in [-0.2, -0.15) is 0 Å². The van der Waals surface area contributed by atoms with Gasteiger partial charge in [-0.25, -0.2) is 4.79 Å². The van der Waals surface area contributed by atoms with Crippen LogP contribution >= 0.6 is 11.8 Å². The second kappa shape index (κ2) is 11.5. The number of Topliss-reactive ketones (excluding diaryl/α,β-unsaturated/α-hetero) is 1. The molecule has 0 fully saturated rings. The summed E-state index contributed by atoms with van der Waals surface area (Å²) in [4.78, 5) is 47.5. The van der Waals surface area contributed by atoms with E-state index in [0.29, 0.717) is 28.9 Å². The first kappa shape index (κ1) is 26.1. The predicted molar refractivity (Wildman–Crippen MR) is 156 cm³/mol. The molecule has 0 spiro atoms. The molecule has 0 saturated carbocycles. The molecule has 0 amide bonds. The highest BCUT2D eigenvalue weighted by Gasteiger charge is 2.19. The molecule has 4 aromatic carbocycles. The van der Waals surface area contributed by atoms with E-state index in [1.807, 2.05) is 85.8 Å². The number of hydrogen-bond acceptors (Lipinski definition) is 6. The Morgan fingerprint density at radius 2 is 1.46 bits per heavy atom. The average Bonchev–Trinajstić information content (AvgIpc) is 3.32. The summed E-state index contributed by atoms with van der Waals surface area (Å²) in [6.07, 6.45) is 0.326. The minimum Gasteiger partial charge on any atom is -0.355 e. The number of rotatable bonds is 9. The van der Waals surface area contributed by atoms with Crippen molar-refractivity contribution in [2.24, 2.45) is 5.16 Å². The Kier molecular flexibility index (Phi) is 7.70. The van der Waals surface area contributed by atoms with E-state index in [0.717, 1.165) is 32.3 Å². The summed E-state index contributed by atoms with van der Waals surface area (Å²) in [5, 5.41) is 5.56. The summed E-state index contributed by atoms with van der Waals surface area (Å²) in [5.74, 6) is -0.360. The Hall–Kier alpha value is -4.49. The number of fused-ring (bicyclic) bond motifs is 3. The maximum Gasteiger partial charge on any atom is 0.331 e. The maximum atomic E-state index is 13.5. The molecule has 0 aliphatic carbocycles.